The van der Waals surface area contributed by atoms with Crippen LogP contribution in [0.2, 0.25) is 10.0 Å². The van der Waals surface area contributed by atoms with Gasteiger partial charge in [-0.15, -0.1) is 11.8 Å². The highest BCUT2D eigenvalue weighted by Crippen LogP contribution is 2.34. The van der Waals surface area contributed by atoms with E-state index < -0.39 is 0 Å². The summed E-state index contributed by atoms with van der Waals surface area (Å²) in [4.78, 5) is 15.3. The molecule has 2 nitrogen and oxygen atoms in total. The van der Waals surface area contributed by atoms with Crippen molar-refractivity contribution in [2.75, 3.05) is 11.1 Å². The van der Waals surface area contributed by atoms with Gasteiger partial charge in [0.25, 0.3) is 0 Å². The average Bonchev–Trinajstić information content (AvgIpc) is 2.64. The minimum Gasteiger partial charge on any atom is -0.324 e. The van der Waals surface area contributed by atoms with Gasteiger partial charge in [-0.2, -0.15) is 0 Å². The van der Waals surface area contributed by atoms with Crippen molar-refractivity contribution in [3.05, 3.63) is 82.8 Å². The Bertz CT molecular complexity index is 900. The summed E-state index contributed by atoms with van der Waals surface area (Å²) >= 11 is 15.1. The number of benzene rings is 3. The summed E-state index contributed by atoms with van der Waals surface area (Å²) in [7, 11) is 0. The zero-order chi connectivity index (χ0) is 18.4. The predicted octanol–water partition coefficient (Wildman–Crippen LogP) is 6.88. The van der Waals surface area contributed by atoms with Crippen LogP contribution in [0.25, 0.3) is 0 Å². The van der Waals surface area contributed by atoms with Gasteiger partial charge in [0.1, 0.15) is 0 Å². The molecule has 3 aromatic rings. The van der Waals surface area contributed by atoms with E-state index in [1.165, 1.54) is 11.8 Å². The van der Waals surface area contributed by atoms with Crippen LogP contribution in [-0.4, -0.2) is 11.7 Å². The number of hydrogen-bond acceptors (Lipinski definition) is 3. The molecule has 3 rings (SSSR count). The van der Waals surface area contributed by atoms with Gasteiger partial charge in [-0.3, -0.25) is 4.79 Å². The van der Waals surface area contributed by atoms with E-state index in [0.29, 0.717) is 15.8 Å². The number of thioether (sulfide) groups is 1. The maximum atomic E-state index is 12.3. The van der Waals surface area contributed by atoms with Crippen LogP contribution in [0, 0.1) is 0 Å². The van der Waals surface area contributed by atoms with Crippen molar-refractivity contribution in [3.8, 4) is 0 Å². The Morgan fingerprint density at radius 1 is 0.846 bits per heavy atom. The van der Waals surface area contributed by atoms with Crippen molar-refractivity contribution in [3.63, 3.8) is 0 Å². The number of nitrogens with one attached hydrogen (secondary N) is 1. The van der Waals surface area contributed by atoms with Crippen LogP contribution in [0.3, 0.4) is 0 Å². The van der Waals surface area contributed by atoms with Crippen molar-refractivity contribution in [1.82, 2.24) is 0 Å². The zero-order valence-electron chi connectivity index (χ0n) is 13.6. The number of amides is 1. The fourth-order valence-corrected chi connectivity index (χ4v) is 4.25. The first kappa shape index (κ1) is 19.2. The van der Waals surface area contributed by atoms with Gasteiger partial charge >= 0.3 is 0 Å². The Balaban J connectivity index is 1.65. The Morgan fingerprint density at radius 3 is 2.23 bits per heavy atom. The summed E-state index contributed by atoms with van der Waals surface area (Å²) in [5, 5.41) is 4.34. The monoisotopic (exact) mass is 419 g/mol. The standard InChI is InChI=1S/C20H15Cl2NOS2/c21-14-9-11-15(12-10-14)26-19-8-4-2-6-17(19)23-20(24)13-25-18-7-3-1-5-16(18)22/h1-12H,13H2,(H,23,24). The third kappa shape index (κ3) is 5.45. The number of carbonyl (C=O) groups is 1. The lowest BCUT2D eigenvalue weighted by Gasteiger charge is -2.11. The number of anilines is 1. The SMILES string of the molecule is O=C(CSc1ccccc1Cl)Nc1ccccc1Sc1ccc(Cl)cc1. The summed E-state index contributed by atoms with van der Waals surface area (Å²) in [6, 6.07) is 22.9. The predicted molar refractivity (Wildman–Crippen MR) is 113 cm³/mol. The van der Waals surface area contributed by atoms with Gasteiger partial charge in [0.15, 0.2) is 0 Å². The summed E-state index contributed by atoms with van der Waals surface area (Å²) in [5.74, 6) is 0.225. The molecule has 0 saturated carbocycles. The number of hydrogen-bond donors (Lipinski definition) is 1. The van der Waals surface area contributed by atoms with Crippen LogP contribution in [-0.2, 0) is 4.79 Å². The van der Waals surface area contributed by atoms with Gasteiger partial charge in [0.05, 0.1) is 16.5 Å². The molecule has 0 unspecified atom stereocenters. The molecule has 3 aromatic carbocycles. The first-order valence-electron chi connectivity index (χ1n) is 7.81. The van der Waals surface area contributed by atoms with Crippen LogP contribution >= 0.6 is 46.7 Å². The van der Waals surface area contributed by atoms with Crippen molar-refractivity contribution in [1.29, 1.82) is 0 Å². The number of rotatable bonds is 6. The van der Waals surface area contributed by atoms with E-state index in [2.05, 4.69) is 5.32 Å². The van der Waals surface area contributed by atoms with E-state index in [0.717, 1.165) is 20.4 Å². The lowest BCUT2D eigenvalue weighted by molar-refractivity contribution is -0.113. The second-order valence-electron chi connectivity index (χ2n) is 5.32. The first-order valence-corrected chi connectivity index (χ1v) is 10.4. The molecular formula is C20H15Cl2NOS2. The maximum absolute atomic E-state index is 12.3. The molecule has 0 saturated heterocycles. The number of para-hydroxylation sites is 1. The largest absolute Gasteiger partial charge is 0.324 e. The molecule has 0 aliphatic heterocycles. The lowest BCUT2D eigenvalue weighted by atomic mass is 10.3. The van der Waals surface area contributed by atoms with Gasteiger partial charge in [0.2, 0.25) is 5.91 Å². The minimum atomic E-state index is -0.0703. The van der Waals surface area contributed by atoms with Gasteiger partial charge in [0, 0.05) is 19.7 Å². The summed E-state index contributed by atoms with van der Waals surface area (Å²) in [6.07, 6.45) is 0. The zero-order valence-corrected chi connectivity index (χ0v) is 16.8. The van der Waals surface area contributed by atoms with E-state index in [9.17, 15) is 4.79 Å². The molecule has 0 spiro atoms. The van der Waals surface area contributed by atoms with Gasteiger partial charge in [-0.1, -0.05) is 59.2 Å². The Morgan fingerprint density at radius 2 is 1.50 bits per heavy atom. The highest BCUT2D eigenvalue weighted by molar-refractivity contribution is 8.00. The maximum Gasteiger partial charge on any atom is 0.234 e. The molecule has 0 radical (unpaired) electrons. The van der Waals surface area contributed by atoms with Gasteiger partial charge in [-0.05, 0) is 48.5 Å². The topological polar surface area (TPSA) is 29.1 Å². The van der Waals surface area contributed by atoms with Crippen LogP contribution in [0.1, 0.15) is 0 Å². The number of halogens is 2. The lowest BCUT2D eigenvalue weighted by Crippen LogP contribution is -2.14. The molecule has 132 valence electrons. The van der Waals surface area contributed by atoms with Crippen molar-refractivity contribution in [2.45, 2.75) is 14.7 Å². The van der Waals surface area contributed by atoms with Gasteiger partial charge < -0.3 is 5.32 Å². The van der Waals surface area contributed by atoms with E-state index in [4.69, 9.17) is 23.2 Å². The molecule has 0 aliphatic carbocycles. The Kier molecular flexibility index (Phi) is 6.92. The first-order chi connectivity index (χ1) is 12.6. The molecule has 0 aromatic heterocycles. The van der Waals surface area contributed by atoms with E-state index >= 15 is 0 Å². The molecule has 0 aliphatic rings. The van der Waals surface area contributed by atoms with Crippen LogP contribution in [0.5, 0.6) is 0 Å². The quantitative estimate of drug-likeness (QED) is 0.441. The fourth-order valence-electron chi connectivity index (χ4n) is 2.18. The van der Waals surface area contributed by atoms with Crippen molar-refractivity contribution >= 4 is 58.3 Å². The number of carbonyl (C=O) groups excluding carboxylic acids is 1. The summed E-state index contributed by atoms with van der Waals surface area (Å²) < 4.78 is 0. The highest BCUT2D eigenvalue weighted by Gasteiger charge is 2.09. The van der Waals surface area contributed by atoms with Crippen LogP contribution < -0.4 is 5.32 Å². The molecule has 6 heteroatoms. The molecule has 0 fully saturated rings. The molecule has 1 N–H and O–H groups in total. The van der Waals surface area contributed by atoms with Crippen molar-refractivity contribution in [2.24, 2.45) is 0 Å². The van der Waals surface area contributed by atoms with Crippen LogP contribution in [0.4, 0.5) is 5.69 Å². The molecular weight excluding hydrogens is 405 g/mol. The smallest absolute Gasteiger partial charge is 0.234 e. The second-order valence-corrected chi connectivity index (χ2v) is 8.30. The highest BCUT2D eigenvalue weighted by atomic mass is 35.5. The molecule has 0 bridgehead atoms. The third-order valence-electron chi connectivity index (χ3n) is 3.40. The Hall–Kier alpha value is -1.59. The van der Waals surface area contributed by atoms with Crippen molar-refractivity contribution < 1.29 is 4.79 Å². The molecule has 0 atom stereocenters. The molecule has 26 heavy (non-hydrogen) atoms. The van der Waals surface area contributed by atoms with E-state index in [-0.39, 0.29) is 5.91 Å². The fraction of sp³-hybridized carbons (Fsp3) is 0.0500. The van der Waals surface area contributed by atoms with E-state index in [1.807, 2.05) is 72.8 Å². The average molecular weight is 420 g/mol. The third-order valence-corrected chi connectivity index (χ3v) is 6.25. The van der Waals surface area contributed by atoms with E-state index in [1.54, 1.807) is 11.8 Å². The minimum absolute atomic E-state index is 0.0703. The summed E-state index contributed by atoms with van der Waals surface area (Å²) in [5.41, 5.74) is 0.789. The van der Waals surface area contributed by atoms with Gasteiger partial charge in [-0.25, -0.2) is 0 Å². The Labute approximate surface area is 171 Å². The summed E-state index contributed by atoms with van der Waals surface area (Å²) in [6.45, 7) is 0. The normalized spacial score (nSPS) is 10.5. The second kappa shape index (κ2) is 9.38. The molecule has 1 amide bonds. The molecule has 0 heterocycles. The van der Waals surface area contributed by atoms with Crippen LogP contribution in [0.15, 0.2) is 87.5 Å².